The summed E-state index contributed by atoms with van der Waals surface area (Å²) in [7, 11) is 0. The van der Waals surface area contributed by atoms with Gasteiger partial charge in [-0.25, -0.2) is 9.59 Å². The lowest BCUT2D eigenvalue weighted by atomic mass is 9.98. The van der Waals surface area contributed by atoms with Crippen molar-refractivity contribution in [2.24, 2.45) is 0 Å². The smallest absolute Gasteiger partial charge is 0.353 e. The van der Waals surface area contributed by atoms with Crippen LogP contribution >= 0.6 is 0 Å². The van der Waals surface area contributed by atoms with Crippen LogP contribution in [0.25, 0.3) is 11.1 Å². The second-order valence-corrected chi connectivity index (χ2v) is 5.24. The number of carboxylic acid groups (broad SMARTS) is 1. The van der Waals surface area contributed by atoms with E-state index in [0.29, 0.717) is 11.1 Å². The highest BCUT2D eigenvalue weighted by Crippen LogP contribution is 2.21. The van der Waals surface area contributed by atoms with Crippen molar-refractivity contribution in [3.63, 3.8) is 0 Å². The zero-order chi connectivity index (χ0) is 18.0. The number of nitrogens with one attached hydrogen (secondary N) is 2. The van der Waals surface area contributed by atoms with E-state index in [4.69, 9.17) is 0 Å². The molecule has 0 atom stereocenters. The number of aromatic carboxylic acids is 1. The van der Waals surface area contributed by atoms with Gasteiger partial charge in [0.25, 0.3) is 5.56 Å². The van der Waals surface area contributed by atoms with Gasteiger partial charge < -0.3 is 10.1 Å². The second kappa shape index (κ2) is 6.40. The summed E-state index contributed by atoms with van der Waals surface area (Å²) in [5.41, 5.74) is -1.52. The van der Waals surface area contributed by atoms with Gasteiger partial charge in [-0.2, -0.15) is 0 Å². The van der Waals surface area contributed by atoms with Crippen LogP contribution in [0, 0.1) is 0 Å². The number of aromatic amines is 2. The fourth-order valence-corrected chi connectivity index (χ4v) is 2.49. The molecule has 0 saturated heterocycles. The summed E-state index contributed by atoms with van der Waals surface area (Å²) in [4.78, 5) is 51.4. The molecule has 0 aliphatic rings. The molecule has 7 heteroatoms. The fraction of sp³-hybridized carbons (Fsp3) is 0. The average molecular weight is 336 g/mol. The van der Waals surface area contributed by atoms with E-state index >= 15 is 0 Å². The first-order chi connectivity index (χ1) is 12.0. The molecule has 0 unspecified atom stereocenters. The Balaban J connectivity index is 2.16. The third kappa shape index (κ3) is 3.16. The van der Waals surface area contributed by atoms with Gasteiger partial charge in [-0.3, -0.25) is 14.6 Å². The summed E-state index contributed by atoms with van der Waals surface area (Å²) in [6.45, 7) is 0. The number of carbonyl (C=O) groups excluding carboxylic acids is 1. The molecule has 0 bridgehead atoms. The lowest BCUT2D eigenvalue weighted by molar-refractivity contribution is 0.0690. The lowest BCUT2D eigenvalue weighted by Crippen LogP contribution is -2.28. The van der Waals surface area contributed by atoms with Crippen molar-refractivity contribution >= 4 is 11.8 Å². The van der Waals surface area contributed by atoms with Crippen LogP contribution in [-0.4, -0.2) is 26.8 Å². The van der Waals surface area contributed by atoms with Crippen LogP contribution < -0.4 is 11.2 Å². The maximum absolute atomic E-state index is 12.5. The SMILES string of the molecule is O=C(c1ccccc1)c1cccc(-c2c(C(=O)O)[nH]c(=O)[nH]c2=O)c1. The maximum Gasteiger partial charge on any atom is 0.353 e. The van der Waals surface area contributed by atoms with Crippen LogP contribution in [0.3, 0.4) is 0 Å². The summed E-state index contributed by atoms with van der Waals surface area (Å²) in [6, 6.07) is 14.6. The number of carbonyl (C=O) groups is 2. The third-order valence-corrected chi connectivity index (χ3v) is 3.61. The van der Waals surface area contributed by atoms with Crippen molar-refractivity contribution in [1.82, 2.24) is 9.97 Å². The number of aromatic nitrogens is 2. The van der Waals surface area contributed by atoms with Gasteiger partial charge in [-0.05, 0) is 11.6 Å². The highest BCUT2D eigenvalue weighted by atomic mass is 16.4. The molecule has 3 N–H and O–H groups in total. The Morgan fingerprint density at radius 3 is 2.20 bits per heavy atom. The predicted molar refractivity (Wildman–Crippen MR) is 90.0 cm³/mol. The molecule has 0 aliphatic heterocycles. The summed E-state index contributed by atoms with van der Waals surface area (Å²) < 4.78 is 0. The van der Waals surface area contributed by atoms with Crippen LogP contribution in [-0.2, 0) is 0 Å². The molecule has 3 rings (SSSR count). The van der Waals surface area contributed by atoms with E-state index in [9.17, 15) is 24.3 Å². The number of hydrogen-bond acceptors (Lipinski definition) is 4. The number of benzene rings is 2. The molecule has 1 heterocycles. The van der Waals surface area contributed by atoms with Crippen molar-refractivity contribution in [2.45, 2.75) is 0 Å². The molecule has 0 amide bonds. The Morgan fingerprint density at radius 2 is 1.52 bits per heavy atom. The molecule has 0 aliphatic carbocycles. The van der Waals surface area contributed by atoms with Crippen LogP contribution in [0.2, 0.25) is 0 Å². The molecule has 25 heavy (non-hydrogen) atoms. The first-order valence-corrected chi connectivity index (χ1v) is 7.27. The summed E-state index contributed by atoms with van der Waals surface area (Å²) in [5.74, 6) is -1.71. The molecule has 0 spiro atoms. The standard InChI is InChI=1S/C18H12N2O5/c21-15(10-5-2-1-3-6-10)12-8-4-7-11(9-12)13-14(17(23)24)19-18(25)20-16(13)22/h1-9H,(H,23,24)(H2,19,20,22,25). The third-order valence-electron chi connectivity index (χ3n) is 3.61. The molecular formula is C18H12N2O5. The number of rotatable bonds is 4. The van der Waals surface area contributed by atoms with Crippen molar-refractivity contribution < 1.29 is 14.7 Å². The van der Waals surface area contributed by atoms with Gasteiger partial charge in [0.05, 0.1) is 5.56 Å². The van der Waals surface area contributed by atoms with Gasteiger partial charge in [0, 0.05) is 11.1 Å². The zero-order valence-corrected chi connectivity index (χ0v) is 12.8. The summed E-state index contributed by atoms with van der Waals surface area (Å²) >= 11 is 0. The summed E-state index contributed by atoms with van der Waals surface area (Å²) in [6.07, 6.45) is 0. The Hall–Kier alpha value is -3.74. The van der Waals surface area contributed by atoms with Gasteiger partial charge in [-0.1, -0.05) is 48.5 Å². The predicted octanol–water partition coefficient (Wildman–Crippen LogP) is 1.66. The van der Waals surface area contributed by atoms with Gasteiger partial charge in [0.15, 0.2) is 5.78 Å². The highest BCUT2D eigenvalue weighted by molar-refractivity contribution is 6.09. The highest BCUT2D eigenvalue weighted by Gasteiger charge is 2.18. The van der Waals surface area contributed by atoms with E-state index in [-0.39, 0.29) is 16.9 Å². The molecule has 124 valence electrons. The van der Waals surface area contributed by atoms with E-state index < -0.39 is 22.9 Å². The topological polar surface area (TPSA) is 120 Å². The van der Waals surface area contributed by atoms with Crippen LogP contribution in [0.1, 0.15) is 26.4 Å². The number of hydrogen-bond donors (Lipinski definition) is 3. The van der Waals surface area contributed by atoms with Gasteiger partial charge in [-0.15, -0.1) is 0 Å². The minimum absolute atomic E-state index is 0.213. The van der Waals surface area contributed by atoms with Gasteiger partial charge in [0.1, 0.15) is 5.69 Å². The van der Waals surface area contributed by atoms with E-state index in [1.165, 1.54) is 12.1 Å². The van der Waals surface area contributed by atoms with Crippen LogP contribution in [0.4, 0.5) is 0 Å². The molecule has 1 aromatic heterocycles. The zero-order valence-electron chi connectivity index (χ0n) is 12.8. The normalized spacial score (nSPS) is 10.4. The average Bonchev–Trinajstić information content (AvgIpc) is 2.61. The monoisotopic (exact) mass is 336 g/mol. The van der Waals surface area contributed by atoms with Crippen LogP contribution in [0.15, 0.2) is 64.2 Å². The molecular weight excluding hydrogens is 324 g/mol. The Labute approximate surface area is 140 Å². The molecule has 3 aromatic rings. The molecule has 0 radical (unpaired) electrons. The first-order valence-electron chi connectivity index (χ1n) is 7.27. The van der Waals surface area contributed by atoms with Crippen molar-refractivity contribution in [2.75, 3.05) is 0 Å². The van der Waals surface area contributed by atoms with E-state index in [1.54, 1.807) is 42.5 Å². The lowest BCUT2D eigenvalue weighted by Gasteiger charge is -2.07. The minimum Gasteiger partial charge on any atom is -0.477 e. The van der Waals surface area contributed by atoms with Gasteiger partial charge >= 0.3 is 11.7 Å². The minimum atomic E-state index is -1.45. The number of H-pyrrole nitrogens is 2. The first kappa shape index (κ1) is 16.1. The molecule has 0 fully saturated rings. The Kier molecular flexibility index (Phi) is 4.13. The van der Waals surface area contributed by atoms with Crippen LogP contribution in [0.5, 0.6) is 0 Å². The largest absolute Gasteiger partial charge is 0.477 e. The Bertz CT molecular complexity index is 1080. The quantitative estimate of drug-likeness (QED) is 0.626. The molecule has 7 nitrogen and oxygen atoms in total. The van der Waals surface area contributed by atoms with Crippen molar-refractivity contribution in [1.29, 1.82) is 0 Å². The van der Waals surface area contributed by atoms with E-state index in [2.05, 4.69) is 4.98 Å². The fourth-order valence-electron chi connectivity index (χ4n) is 2.49. The second-order valence-electron chi connectivity index (χ2n) is 5.24. The van der Waals surface area contributed by atoms with E-state index in [0.717, 1.165) is 0 Å². The van der Waals surface area contributed by atoms with Gasteiger partial charge in [0.2, 0.25) is 0 Å². The number of ketones is 1. The molecule has 0 saturated carbocycles. The maximum atomic E-state index is 12.5. The summed E-state index contributed by atoms with van der Waals surface area (Å²) in [5, 5.41) is 9.24. The van der Waals surface area contributed by atoms with Crippen molar-refractivity contribution in [3.05, 3.63) is 92.3 Å². The molecule has 2 aromatic carbocycles. The Morgan fingerprint density at radius 1 is 0.840 bits per heavy atom. The van der Waals surface area contributed by atoms with Crippen molar-refractivity contribution in [3.8, 4) is 11.1 Å². The van der Waals surface area contributed by atoms with E-state index in [1.807, 2.05) is 4.98 Å². The number of carboxylic acids is 1.